The Kier molecular flexibility index (Phi) is 4.96. The monoisotopic (exact) mass is 329 g/mol. The van der Waals surface area contributed by atoms with Gasteiger partial charge < -0.3 is 15.5 Å². The number of nitrogen functional groups attached to an aromatic ring is 1. The Morgan fingerprint density at radius 2 is 1.57 bits per heavy atom. The molecular weight excluding hydrogens is 313 g/mol. The zero-order valence-electron chi connectivity index (χ0n) is 11.7. The van der Waals surface area contributed by atoms with E-state index >= 15 is 0 Å². The zero-order valence-corrected chi connectivity index (χ0v) is 13.2. The number of rotatable bonds is 1. The van der Waals surface area contributed by atoms with Gasteiger partial charge in [-0.25, -0.2) is 0 Å². The van der Waals surface area contributed by atoms with Gasteiger partial charge >= 0.3 is 0 Å². The highest BCUT2D eigenvalue weighted by molar-refractivity contribution is 6.39. The van der Waals surface area contributed by atoms with Crippen molar-refractivity contribution in [3.8, 4) is 0 Å². The molecule has 0 aliphatic carbocycles. The Morgan fingerprint density at radius 3 is 2.14 bits per heavy atom. The second kappa shape index (κ2) is 6.54. The Morgan fingerprint density at radius 1 is 1.05 bits per heavy atom. The minimum atomic E-state index is -0.149. The molecule has 7 heteroatoms. The third kappa shape index (κ3) is 3.60. The molecule has 2 N–H and O–H groups in total. The Hall–Kier alpha value is -1.46. The third-order valence-corrected chi connectivity index (χ3v) is 4.18. The normalized spacial score (nSPS) is 15.8. The SMILES string of the molecule is CC(=O)N1CCCN(C(=O)c2cc(Cl)c(N)c(Cl)c2)CC1. The molecule has 1 aliphatic rings. The summed E-state index contributed by atoms with van der Waals surface area (Å²) in [4.78, 5) is 27.4. The maximum atomic E-state index is 12.5. The summed E-state index contributed by atoms with van der Waals surface area (Å²) in [7, 11) is 0. The summed E-state index contributed by atoms with van der Waals surface area (Å²) in [6.07, 6.45) is 0.752. The number of benzene rings is 1. The first-order valence-corrected chi connectivity index (χ1v) is 7.45. The molecule has 0 radical (unpaired) electrons. The molecule has 2 amide bonds. The number of carbonyl (C=O) groups is 2. The van der Waals surface area contributed by atoms with Crippen molar-refractivity contribution in [2.45, 2.75) is 13.3 Å². The minimum absolute atomic E-state index is 0.0304. The molecule has 0 atom stereocenters. The molecule has 114 valence electrons. The number of amides is 2. The standard InChI is InChI=1S/C14H17Cl2N3O2/c1-9(20)18-3-2-4-19(6-5-18)14(21)10-7-11(15)13(17)12(16)8-10/h7-8H,2-6,17H2,1H3. The number of hydrogen-bond acceptors (Lipinski definition) is 3. The van der Waals surface area contributed by atoms with E-state index in [0.29, 0.717) is 31.7 Å². The minimum Gasteiger partial charge on any atom is -0.396 e. The quantitative estimate of drug-likeness (QED) is 0.803. The molecule has 0 aromatic heterocycles. The molecule has 1 fully saturated rings. The van der Waals surface area contributed by atoms with Crippen LogP contribution >= 0.6 is 23.2 Å². The highest BCUT2D eigenvalue weighted by Gasteiger charge is 2.22. The molecule has 5 nitrogen and oxygen atoms in total. The van der Waals surface area contributed by atoms with Crippen LogP contribution in [0.15, 0.2) is 12.1 Å². The van der Waals surface area contributed by atoms with E-state index in [0.717, 1.165) is 6.42 Å². The van der Waals surface area contributed by atoms with E-state index in [2.05, 4.69) is 0 Å². The van der Waals surface area contributed by atoms with Gasteiger partial charge in [-0.2, -0.15) is 0 Å². The van der Waals surface area contributed by atoms with Crippen LogP contribution < -0.4 is 5.73 Å². The smallest absolute Gasteiger partial charge is 0.254 e. The van der Waals surface area contributed by atoms with Crippen LogP contribution in [0.4, 0.5) is 5.69 Å². The zero-order chi connectivity index (χ0) is 15.6. The first kappa shape index (κ1) is 15.9. The molecule has 0 bridgehead atoms. The van der Waals surface area contributed by atoms with E-state index in [4.69, 9.17) is 28.9 Å². The van der Waals surface area contributed by atoms with E-state index in [1.165, 1.54) is 19.1 Å². The largest absolute Gasteiger partial charge is 0.396 e. The van der Waals surface area contributed by atoms with Crippen LogP contribution in [0.3, 0.4) is 0 Å². The van der Waals surface area contributed by atoms with Crippen LogP contribution in [-0.4, -0.2) is 47.8 Å². The van der Waals surface area contributed by atoms with Gasteiger partial charge in [-0.1, -0.05) is 23.2 Å². The lowest BCUT2D eigenvalue weighted by atomic mass is 10.1. The van der Waals surface area contributed by atoms with Crippen molar-refractivity contribution in [2.75, 3.05) is 31.9 Å². The van der Waals surface area contributed by atoms with Crippen molar-refractivity contribution in [2.24, 2.45) is 0 Å². The summed E-state index contributed by atoms with van der Waals surface area (Å²) in [5.74, 6) is -0.118. The van der Waals surface area contributed by atoms with Crippen molar-refractivity contribution >= 4 is 40.7 Å². The van der Waals surface area contributed by atoms with E-state index in [1.807, 2.05) is 0 Å². The number of anilines is 1. The van der Waals surface area contributed by atoms with Crippen LogP contribution in [-0.2, 0) is 4.79 Å². The molecule has 0 spiro atoms. The summed E-state index contributed by atoms with van der Waals surface area (Å²) < 4.78 is 0. The lowest BCUT2D eigenvalue weighted by Crippen LogP contribution is -2.36. The fraction of sp³-hybridized carbons (Fsp3) is 0.429. The fourth-order valence-electron chi connectivity index (χ4n) is 2.33. The third-order valence-electron chi connectivity index (χ3n) is 3.55. The predicted octanol–water partition coefficient (Wildman–Crippen LogP) is 2.27. The number of nitrogens with zero attached hydrogens (tertiary/aromatic N) is 2. The first-order valence-electron chi connectivity index (χ1n) is 6.69. The summed E-state index contributed by atoms with van der Waals surface area (Å²) in [6, 6.07) is 3.05. The molecule has 1 aliphatic heterocycles. The summed E-state index contributed by atoms with van der Waals surface area (Å²) >= 11 is 11.9. The number of halogens is 2. The highest BCUT2D eigenvalue weighted by atomic mass is 35.5. The average Bonchev–Trinajstić information content (AvgIpc) is 2.69. The maximum absolute atomic E-state index is 12.5. The second-order valence-corrected chi connectivity index (χ2v) is 5.82. The average molecular weight is 330 g/mol. The number of hydrogen-bond donors (Lipinski definition) is 1. The van der Waals surface area contributed by atoms with Crippen LogP contribution in [0.2, 0.25) is 10.0 Å². The Balaban J connectivity index is 2.15. The Labute approximate surface area is 133 Å². The van der Waals surface area contributed by atoms with Gasteiger partial charge in [0.1, 0.15) is 0 Å². The molecule has 0 unspecified atom stereocenters. The van der Waals surface area contributed by atoms with Gasteiger partial charge in [0.05, 0.1) is 15.7 Å². The topological polar surface area (TPSA) is 66.6 Å². The second-order valence-electron chi connectivity index (χ2n) is 5.01. The number of nitrogens with two attached hydrogens (primary N) is 1. The summed E-state index contributed by atoms with van der Waals surface area (Å²) in [5.41, 5.74) is 6.36. The predicted molar refractivity (Wildman–Crippen MR) is 83.6 cm³/mol. The van der Waals surface area contributed by atoms with Crippen LogP contribution in [0.1, 0.15) is 23.7 Å². The van der Waals surface area contributed by atoms with Gasteiger partial charge in [0, 0.05) is 38.7 Å². The maximum Gasteiger partial charge on any atom is 0.254 e. The lowest BCUT2D eigenvalue weighted by molar-refractivity contribution is -0.128. The molecule has 21 heavy (non-hydrogen) atoms. The van der Waals surface area contributed by atoms with Crippen molar-refractivity contribution in [3.05, 3.63) is 27.7 Å². The van der Waals surface area contributed by atoms with Crippen molar-refractivity contribution in [1.29, 1.82) is 0 Å². The fourth-order valence-corrected chi connectivity index (χ4v) is 2.81. The van der Waals surface area contributed by atoms with Gasteiger partial charge in [0.15, 0.2) is 0 Å². The molecule has 1 aromatic rings. The Bertz CT molecular complexity index is 554. The van der Waals surface area contributed by atoms with Gasteiger partial charge in [0.2, 0.25) is 5.91 Å². The molecule has 1 heterocycles. The van der Waals surface area contributed by atoms with E-state index in [1.54, 1.807) is 9.80 Å². The van der Waals surface area contributed by atoms with Gasteiger partial charge in [-0.05, 0) is 18.6 Å². The molecular formula is C14H17Cl2N3O2. The molecule has 0 saturated carbocycles. The number of carbonyl (C=O) groups excluding carboxylic acids is 2. The van der Waals surface area contributed by atoms with Gasteiger partial charge in [0.25, 0.3) is 5.91 Å². The summed E-state index contributed by atoms with van der Waals surface area (Å²) in [5, 5.41) is 0.539. The van der Waals surface area contributed by atoms with Gasteiger partial charge in [-0.3, -0.25) is 9.59 Å². The van der Waals surface area contributed by atoms with Crippen LogP contribution in [0, 0.1) is 0 Å². The van der Waals surface area contributed by atoms with Crippen LogP contribution in [0.5, 0.6) is 0 Å². The first-order chi connectivity index (χ1) is 9.90. The molecule has 1 saturated heterocycles. The van der Waals surface area contributed by atoms with Crippen molar-refractivity contribution < 1.29 is 9.59 Å². The highest BCUT2D eigenvalue weighted by Crippen LogP contribution is 2.29. The van der Waals surface area contributed by atoms with Gasteiger partial charge in [-0.15, -0.1) is 0 Å². The molecule has 1 aromatic carbocycles. The van der Waals surface area contributed by atoms with E-state index < -0.39 is 0 Å². The van der Waals surface area contributed by atoms with Crippen molar-refractivity contribution in [1.82, 2.24) is 9.80 Å². The van der Waals surface area contributed by atoms with E-state index in [-0.39, 0.29) is 27.5 Å². The van der Waals surface area contributed by atoms with E-state index in [9.17, 15) is 9.59 Å². The van der Waals surface area contributed by atoms with Crippen LogP contribution in [0.25, 0.3) is 0 Å². The summed E-state index contributed by atoms with van der Waals surface area (Å²) in [6.45, 7) is 3.84. The van der Waals surface area contributed by atoms with Crippen molar-refractivity contribution in [3.63, 3.8) is 0 Å². The molecule has 2 rings (SSSR count). The lowest BCUT2D eigenvalue weighted by Gasteiger charge is -2.21.